The number of aliphatic hydroxyl groups excluding tert-OH is 1. The molecule has 4 nitrogen and oxygen atoms in total. The van der Waals surface area contributed by atoms with Gasteiger partial charge in [0.25, 0.3) is 0 Å². The second kappa shape index (κ2) is 7.58. The number of nitrogens with one attached hydrogen (secondary N) is 1. The van der Waals surface area contributed by atoms with Gasteiger partial charge in [0.15, 0.2) is 0 Å². The van der Waals surface area contributed by atoms with Crippen LogP contribution in [0.5, 0.6) is 0 Å². The minimum Gasteiger partial charge on any atom is -0.395 e. The van der Waals surface area contributed by atoms with Crippen LogP contribution >= 0.6 is 22.9 Å². The highest BCUT2D eigenvalue weighted by atomic mass is 35.5. The third-order valence-corrected chi connectivity index (χ3v) is 6.49. The second-order valence-electron chi connectivity index (χ2n) is 5.04. The lowest BCUT2D eigenvalue weighted by atomic mass is 9.91. The van der Waals surface area contributed by atoms with E-state index in [4.69, 9.17) is 11.6 Å². The zero-order valence-corrected chi connectivity index (χ0v) is 14.7. The smallest absolute Gasteiger partial charge is 0.395 e. The Morgan fingerprint density at radius 3 is 2.40 bits per heavy atom. The highest BCUT2D eigenvalue weighted by Crippen LogP contribution is 2.38. The quantitative estimate of drug-likeness (QED) is 0.707. The van der Waals surface area contributed by atoms with Crippen LogP contribution in [0, 0.1) is 5.82 Å². The Hall–Kier alpha value is -1.20. The van der Waals surface area contributed by atoms with Gasteiger partial charge in [-0.05, 0) is 29.8 Å². The molecule has 0 amide bonds. The largest absolute Gasteiger partial charge is 0.397 e. The summed E-state index contributed by atoms with van der Waals surface area (Å²) >= 11 is 6.30. The monoisotopic (exact) mass is 417 g/mol. The van der Waals surface area contributed by atoms with E-state index >= 15 is 0 Å². The molecule has 138 valence electrons. The highest BCUT2D eigenvalue weighted by Gasteiger charge is 2.47. The van der Waals surface area contributed by atoms with Crippen molar-refractivity contribution in [3.05, 3.63) is 52.1 Å². The highest BCUT2D eigenvalue weighted by molar-refractivity contribution is 7.91. The molecule has 0 saturated heterocycles. The van der Waals surface area contributed by atoms with Crippen LogP contribution in [0.15, 0.2) is 40.6 Å². The van der Waals surface area contributed by atoms with E-state index in [2.05, 4.69) is 0 Å². The Labute approximate surface area is 150 Å². The van der Waals surface area contributed by atoms with Gasteiger partial charge in [-0.2, -0.15) is 13.2 Å². The Kier molecular flexibility index (Phi) is 6.10. The SMILES string of the molecule is O=S(=O)(NC(CO)C(c1cccc(F)c1)C(F)(F)F)c1ccc(Cl)s1. The van der Waals surface area contributed by atoms with Gasteiger partial charge in [-0.25, -0.2) is 17.5 Å². The molecule has 0 saturated carbocycles. The number of benzene rings is 1. The van der Waals surface area contributed by atoms with Crippen LogP contribution in [0.1, 0.15) is 11.5 Å². The molecule has 1 heterocycles. The molecular weight excluding hydrogens is 406 g/mol. The average molecular weight is 418 g/mol. The standard InChI is InChI=1S/C14H12ClF4NO3S2/c15-11-4-5-12(24-11)25(22,23)20-10(7-21)13(14(17,18)19)8-2-1-3-9(16)6-8/h1-6,10,13,20-21H,7H2. The lowest BCUT2D eigenvalue weighted by molar-refractivity contribution is -0.158. The first-order valence-corrected chi connectivity index (χ1v) is 9.43. The third kappa shape index (κ3) is 4.91. The predicted octanol–water partition coefficient (Wildman–Crippen LogP) is 3.53. The van der Waals surface area contributed by atoms with E-state index in [9.17, 15) is 31.1 Å². The Morgan fingerprint density at radius 2 is 1.92 bits per heavy atom. The molecule has 2 atom stereocenters. The summed E-state index contributed by atoms with van der Waals surface area (Å²) in [6.45, 7) is -1.14. The van der Waals surface area contributed by atoms with Crippen LogP contribution in [-0.2, 0) is 10.0 Å². The molecule has 0 radical (unpaired) electrons. The van der Waals surface area contributed by atoms with Crippen LogP contribution in [-0.4, -0.2) is 32.3 Å². The molecule has 11 heteroatoms. The summed E-state index contributed by atoms with van der Waals surface area (Å²) in [6, 6.07) is 4.18. The zero-order chi connectivity index (χ0) is 18.8. The second-order valence-corrected chi connectivity index (χ2v) is 8.70. The summed E-state index contributed by atoms with van der Waals surface area (Å²) in [6.07, 6.45) is -4.92. The number of halogens is 5. The molecule has 2 aromatic rings. The summed E-state index contributed by atoms with van der Waals surface area (Å²) in [5.74, 6) is -3.34. The van der Waals surface area contributed by atoms with E-state index in [1.54, 1.807) is 0 Å². The van der Waals surface area contributed by atoms with E-state index < -0.39 is 46.1 Å². The first-order chi connectivity index (χ1) is 11.5. The third-order valence-electron chi connectivity index (χ3n) is 3.28. The fourth-order valence-corrected chi connectivity index (χ4v) is 5.00. The van der Waals surface area contributed by atoms with Gasteiger partial charge in [0.2, 0.25) is 10.0 Å². The van der Waals surface area contributed by atoms with E-state index in [0.29, 0.717) is 17.4 Å². The van der Waals surface area contributed by atoms with Crippen LogP contribution in [0.3, 0.4) is 0 Å². The fraction of sp³-hybridized carbons (Fsp3) is 0.286. The van der Waals surface area contributed by atoms with Gasteiger partial charge >= 0.3 is 6.18 Å². The number of hydrogen-bond acceptors (Lipinski definition) is 4. The van der Waals surface area contributed by atoms with Crippen molar-refractivity contribution in [2.75, 3.05) is 6.61 Å². The predicted molar refractivity (Wildman–Crippen MR) is 85.7 cm³/mol. The van der Waals surface area contributed by atoms with Gasteiger partial charge < -0.3 is 5.11 Å². The van der Waals surface area contributed by atoms with Gasteiger partial charge in [-0.15, -0.1) is 11.3 Å². The lowest BCUT2D eigenvalue weighted by Crippen LogP contribution is -2.46. The number of alkyl halides is 3. The summed E-state index contributed by atoms with van der Waals surface area (Å²) in [5.41, 5.74) is -0.501. The number of aliphatic hydroxyl groups is 1. The molecule has 2 unspecified atom stereocenters. The molecule has 1 aromatic heterocycles. The Morgan fingerprint density at radius 1 is 1.24 bits per heavy atom. The topological polar surface area (TPSA) is 66.4 Å². The van der Waals surface area contributed by atoms with Gasteiger partial charge in [0.05, 0.1) is 22.9 Å². The number of thiophene rings is 1. The van der Waals surface area contributed by atoms with Crippen molar-refractivity contribution in [3.63, 3.8) is 0 Å². The first kappa shape index (κ1) is 20.1. The summed E-state index contributed by atoms with van der Waals surface area (Å²) in [4.78, 5) is 0. The van der Waals surface area contributed by atoms with Crippen LogP contribution in [0.2, 0.25) is 4.34 Å². The molecule has 0 aliphatic carbocycles. The maximum absolute atomic E-state index is 13.5. The normalized spacial score (nSPS) is 15.1. The van der Waals surface area contributed by atoms with Gasteiger partial charge in [-0.3, -0.25) is 0 Å². The van der Waals surface area contributed by atoms with E-state index in [-0.39, 0.29) is 8.55 Å². The molecule has 2 rings (SSSR count). The molecular formula is C14H12ClF4NO3S2. The molecule has 0 spiro atoms. The van der Waals surface area contributed by atoms with Gasteiger partial charge in [0.1, 0.15) is 10.0 Å². The summed E-state index contributed by atoms with van der Waals surface area (Å²) < 4.78 is 79.9. The fourth-order valence-electron chi connectivity index (χ4n) is 2.26. The lowest BCUT2D eigenvalue weighted by Gasteiger charge is -2.28. The van der Waals surface area contributed by atoms with Crippen molar-refractivity contribution >= 4 is 33.0 Å². The maximum atomic E-state index is 13.5. The number of hydrogen-bond donors (Lipinski definition) is 2. The number of rotatable bonds is 6. The van der Waals surface area contributed by atoms with Gasteiger partial charge in [-0.1, -0.05) is 23.7 Å². The van der Waals surface area contributed by atoms with E-state index in [1.807, 2.05) is 4.72 Å². The molecule has 2 N–H and O–H groups in total. The van der Waals surface area contributed by atoms with Crippen molar-refractivity contribution in [3.8, 4) is 0 Å². The maximum Gasteiger partial charge on any atom is 0.397 e. The van der Waals surface area contributed by atoms with Crippen molar-refractivity contribution in [2.45, 2.75) is 22.3 Å². The number of sulfonamides is 1. The van der Waals surface area contributed by atoms with Gasteiger partial charge in [0, 0.05) is 0 Å². The Bertz CT molecular complexity index is 839. The minimum absolute atomic E-state index is 0.137. The van der Waals surface area contributed by atoms with Crippen molar-refractivity contribution in [1.29, 1.82) is 0 Å². The summed E-state index contributed by atoms with van der Waals surface area (Å²) in [5, 5.41) is 9.36. The molecule has 0 bridgehead atoms. The van der Waals surface area contributed by atoms with Crippen molar-refractivity contribution in [1.82, 2.24) is 4.72 Å². The molecule has 0 fully saturated rings. The van der Waals surface area contributed by atoms with Crippen molar-refractivity contribution < 1.29 is 31.1 Å². The minimum atomic E-state index is -4.92. The summed E-state index contributed by atoms with van der Waals surface area (Å²) in [7, 11) is -4.34. The van der Waals surface area contributed by atoms with Crippen LogP contribution in [0.4, 0.5) is 17.6 Å². The molecule has 25 heavy (non-hydrogen) atoms. The Balaban J connectivity index is 2.40. The van der Waals surface area contributed by atoms with Crippen LogP contribution in [0.25, 0.3) is 0 Å². The van der Waals surface area contributed by atoms with E-state index in [0.717, 1.165) is 24.3 Å². The molecule has 0 aliphatic rings. The van der Waals surface area contributed by atoms with E-state index in [1.165, 1.54) is 6.07 Å². The van der Waals surface area contributed by atoms with Crippen LogP contribution < -0.4 is 4.72 Å². The molecule has 0 aliphatic heterocycles. The molecule has 1 aromatic carbocycles. The zero-order valence-electron chi connectivity index (χ0n) is 12.3. The van der Waals surface area contributed by atoms with Crippen molar-refractivity contribution in [2.24, 2.45) is 0 Å². The average Bonchev–Trinajstić information content (AvgIpc) is 2.92. The first-order valence-electron chi connectivity index (χ1n) is 6.75.